The van der Waals surface area contributed by atoms with Gasteiger partial charge in [0, 0.05) is 37.1 Å². The molecule has 0 aliphatic heterocycles. The van der Waals surface area contributed by atoms with E-state index in [-0.39, 0.29) is 6.04 Å². The highest BCUT2D eigenvalue weighted by Crippen LogP contribution is 2.41. The lowest BCUT2D eigenvalue weighted by atomic mass is 10.1. The van der Waals surface area contributed by atoms with Crippen LogP contribution in [0.2, 0.25) is 0 Å². The van der Waals surface area contributed by atoms with Gasteiger partial charge in [-0.2, -0.15) is 10.4 Å². The second-order valence-corrected chi connectivity index (χ2v) is 6.50. The van der Waals surface area contributed by atoms with Gasteiger partial charge in [-0.3, -0.25) is 9.08 Å². The normalized spacial score (nSPS) is 16.1. The molecule has 3 aromatic heterocycles. The first-order chi connectivity index (χ1) is 12.7. The van der Waals surface area contributed by atoms with Gasteiger partial charge < -0.3 is 10.8 Å². The predicted octanol–water partition coefficient (Wildman–Crippen LogP) is 2.84. The highest BCUT2D eigenvalue weighted by atomic mass is 15.3. The van der Waals surface area contributed by atoms with Gasteiger partial charge >= 0.3 is 0 Å². The van der Waals surface area contributed by atoms with Crippen molar-refractivity contribution in [2.45, 2.75) is 31.2 Å². The summed E-state index contributed by atoms with van der Waals surface area (Å²) in [6, 6.07) is 4.15. The molecule has 0 amide bonds. The molecule has 0 spiro atoms. The summed E-state index contributed by atoms with van der Waals surface area (Å²) in [6.07, 6.45) is 12.3. The zero-order chi connectivity index (χ0) is 18.1. The molecule has 0 saturated heterocycles. The van der Waals surface area contributed by atoms with E-state index >= 15 is 0 Å². The Morgan fingerprint density at radius 3 is 2.85 bits per heavy atom. The lowest BCUT2D eigenvalue weighted by Crippen LogP contribution is -2.11. The summed E-state index contributed by atoms with van der Waals surface area (Å²) < 4.78 is 3.74. The second-order valence-electron chi connectivity index (χ2n) is 6.50. The van der Waals surface area contributed by atoms with Gasteiger partial charge in [0.05, 0.1) is 41.9 Å². The number of imidazole rings is 1. The van der Waals surface area contributed by atoms with Gasteiger partial charge in [-0.1, -0.05) is 0 Å². The number of aromatic nitrogens is 5. The van der Waals surface area contributed by atoms with Gasteiger partial charge in [0.15, 0.2) is 0 Å². The second kappa shape index (κ2) is 6.52. The number of fused-ring (bicyclic) bond motifs is 1. The van der Waals surface area contributed by atoms with Crippen LogP contribution in [0.15, 0.2) is 30.9 Å². The monoisotopic (exact) mass is 346 g/mol. The Balaban J connectivity index is 1.79. The number of nitrogens with one attached hydrogen (secondary N) is 2. The fraction of sp³-hybridized carbons (Fsp3) is 0.333. The third-order valence-electron chi connectivity index (χ3n) is 4.78. The van der Waals surface area contributed by atoms with E-state index in [0.717, 1.165) is 18.4 Å². The zero-order valence-corrected chi connectivity index (χ0v) is 14.1. The molecule has 8 heteroatoms. The standard InChI is InChI=1S/C18H18N8/c19-4-3-16(12-1-2-12)26-11-14(10-23-26)18-24-15(13(8-20)9-21)7-17-22-5-6-25(17)18/h5-13,16,20-21H,1-3H2. The first kappa shape index (κ1) is 16.1. The van der Waals surface area contributed by atoms with Gasteiger partial charge in [0.25, 0.3) is 0 Å². The van der Waals surface area contributed by atoms with Crippen LogP contribution in [-0.4, -0.2) is 36.6 Å². The highest BCUT2D eigenvalue weighted by Gasteiger charge is 2.33. The number of rotatable bonds is 7. The lowest BCUT2D eigenvalue weighted by Gasteiger charge is -2.13. The molecule has 3 aromatic rings. The minimum absolute atomic E-state index is 0.103. The Kier molecular flexibility index (Phi) is 4.05. The Morgan fingerprint density at radius 1 is 1.35 bits per heavy atom. The predicted molar refractivity (Wildman–Crippen MR) is 96.5 cm³/mol. The molecule has 1 aliphatic carbocycles. The van der Waals surface area contributed by atoms with E-state index in [1.54, 1.807) is 18.5 Å². The zero-order valence-electron chi connectivity index (χ0n) is 14.1. The molecule has 130 valence electrons. The van der Waals surface area contributed by atoms with Crippen molar-refractivity contribution in [2.24, 2.45) is 5.92 Å². The summed E-state index contributed by atoms with van der Waals surface area (Å²) in [7, 11) is 0. The van der Waals surface area contributed by atoms with Gasteiger partial charge in [-0.05, 0) is 18.8 Å². The summed E-state index contributed by atoms with van der Waals surface area (Å²) in [6.45, 7) is 0. The van der Waals surface area contributed by atoms with Crippen LogP contribution in [0.3, 0.4) is 0 Å². The number of hydrogen-bond acceptors (Lipinski definition) is 6. The van der Waals surface area contributed by atoms with Gasteiger partial charge in [0.2, 0.25) is 0 Å². The van der Waals surface area contributed by atoms with E-state index < -0.39 is 5.92 Å². The molecule has 1 atom stereocenters. The van der Waals surface area contributed by atoms with E-state index in [2.05, 4.69) is 21.1 Å². The van der Waals surface area contributed by atoms with Crippen LogP contribution < -0.4 is 0 Å². The summed E-state index contributed by atoms with van der Waals surface area (Å²) in [4.78, 5) is 9.00. The van der Waals surface area contributed by atoms with Crippen molar-refractivity contribution < 1.29 is 0 Å². The molecule has 0 radical (unpaired) electrons. The van der Waals surface area contributed by atoms with E-state index in [0.29, 0.717) is 29.5 Å². The van der Waals surface area contributed by atoms with Crippen molar-refractivity contribution in [3.05, 3.63) is 36.5 Å². The van der Waals surface area contributed by atoms with Crippen molar-refractivity contribution in [1.82, 2.24) is 24.1 Å². The van der Waals surface area contributed by atoms with Crippen LogP contribution in [0.25, 0.3) is 17.0 Å². The fourth-order valence-corrected chi connectivity index (χ4v) is 3.22. The largest absolute Gasteiger partial charge is 0.312 e. The molecule has 8 nitrogen and oxygen atoms in total. The maximum absolute atomic E-state index is 9.11. The maximum Gasteiger partial charge on any atom is 0.149 e. The summed E-state index contributed by atoms with van der Waals surface area (Å²) >= 11 is 0. The summed E-state index contributed by atoms with van der Waals surface area (Å²) in [5.41, 5.74) is 2.14. The first-order valence-corrected chi connectivity index (χ1v) is 8.51. The summed E-state index contributed by atoms with van der Waals surface area (Å²) in [5.74, 6) is 0.708. The third-order valence-corrected chi connectivity index (χ3v) is 4.78. The van der Waals surface area contributed by atoms with Crippen LogP contribution in [0.5, 0.6) is 0 Å². The average Bonchev–Trinajstić information content (AvgIpc) is 3.18. The molecular formula is C18H18N8. The van der Waals surface area contributed by atoms with Crippen molar-refractivity contribution in [3.8, 4) is 17.5 Å². The number of hydrogen-bond donors (Lipinski definition) is 2. The van der Waals surface area contributed by atoms with Crippen LogP contribution in [0, 0.1) is 28.1 Å². The van der Waals surface area contributed by atoms with E-state index in [9.17, 15) is 0 Å². The fourth-order valence-electron chi connectivity index (χ4n) is 3.22. The minimum atomic E-state index is -0.483. The molecule has 0 aromatic carbocycles. The van der Waals surface area contributed by atoms with Crippen LogP contribution in [0.1, 0.15) is 36.9 Å². The van der Waals surface area contributed by atoms with E-state index in [4.69, 9.17) is 16.1 Å². The van der Waals surface area contributed by atoms with Gasteiger partial charge in [-0.15, -0.1) is 0 Å². The maximum atomic E-state index is 9.11. The topological polar surface area (TPSA) is 120 Å². The Labute approximate surface area is 150 Å². The molecule has 1 unspecified atom stereocenters. The molecular weight excluding hydrogens is 328 g/mol. The molecule has 26 heavy (non-hydrogen) atoms. The van der Waals surface area contributed by atoms with Crippen molar-refractivity contribution >= 4 is 18.1 Å². The first-order valence-electron chi connectivity index (χ1n) is 8.51. The molecule has 4 rings (SSSR count). The molecule has 1 aliphatic rings. The van der Waals surface area contributed by atoms with Gasteiger partial charge in [0.1, 0.15) is 11.5 Å². The Hall–Kier alpha value is -3.34. The quantitative estimate of drug-likeness (QED) is 0.639. The average molecular weight is 346 g/mol. The molecule has 2 N–H and O–H groups in total. The van der Waals surface area contributed by atoms with Crippen LogP contribution in [0.4, 0.5) is 0 Å². The van der Waals surface area contributed by atoms with Gasteiger partial charge in [-0.25, -0.2) is 9.97 Å². The number of nitrogens with zero attached hydrogens (tertiary/aromatic N) is 6. The Bertz CT molecular complexity index is 996. The Morgan fingerprint density at radius 2 is 2.15 bits per heavy atom. The molecule has 1 fully saturated rings. The smallest absolute Gasteiger partial charge is 0.149 e. The SMILES string of the molecule is N#CCC(C1CC1)n1cc(-c2nc(C(C=N)C=N)cc3nccn23)cn1. The molecule has 1 saturated carbocycles. The van der Waals surface area contributed by atoms with Crippen molar-refractivity contribution in [2.75, 3.05) is 0 Å². The van der Waals surface area contributed by atoms with E-state index in [1.165, 1.54) is 12.4 Å². The van der Waals surface area contributed by atoms with Crippen molar-refractivity contribution in [1.29, 1.82) is 16.1 Å². The third kappa shape index (κ3) is 2.77. The molecule has 0 bridgehead atoms. The highest BCUT2D eigenvalue weighted by molar-refractivity contribution is 5.87. The van der Waals surface area contributed by atoms with Crippen LogP contribution >= 0.6 is 0 Å². The molecule has 3 heterocycles. The lowest BCUT2D eigenvalue weighted by molar-refractivity contribution is 0.412. The minimum Gasteiger partial charge on any atom is -0.312 e. The van der Waals surface area contributed by atoms with Crippen molar-refractivity contribution in [3.63, 3.8) is 0 Å². The number of nitriles is 1. The van der Waals surface area contributed by atoms with Crippen LogP contribution in [-0.2, 0) is 0 Å². The van der Waals surface area contributed by atoms with E-state index in [1.807, 2.05) is 21.5 Å². The summed E-state index contributed by atoms with van der Waals surface area (Å²) in [5, 5.41) is 28.6.